The number of benzene rings is 1. The van der Waals surface area contributed by atoms with Crippen LogP contribution in [0.25, 0.3) is 0 Å². The molecule has 1 aliphatic carbocycles. The minimum absolute atomic E-state index is 0.0495. The van der Waals surface area contributed by atoms with E-state index < -0.39 is 12.1 Å². The summed E-state index contributed by atoms with van der Waals surface area (Å²) in [6.45, 7) is 4.81. The molecular weight excluding hydrogens is 398 g/mol. The van der Waals surface area contributed by atoms with Crippen LogP contribution in [0.4, 0.5) is 4.79 Å². The van der Waals surface area contributed by atoms with E-state index in [9.17, 15) is 19.5 Å². The third-order valence-electron chi connectivity index (χ3n) is 6.44. The highest BCUT2D eigenvalue weighted by molar-refractivity contribution is 5.99. The van der Waals surface area contributed by atoms with E-state index in [1.54, 1.807) is 0 Å². The molecule has 168 valence electrons. The standard InChI is InChI=1S/C23H31N3O5/c27-21(17-4-5-17)18-6-8-19(9-7-18)31-16-2-10-24-12-14-25(15-13-24)22(28)20-3-1-11-26(20)23(29)30/h6-9,17,20H,1-5,10-16H2,(H,29,30)/t20-/m0/s1. The molecule has 1 aromatic rings. The second-order valence-electron chi connectivity index (χ2n) is 8.67. The quantitative estimate of drug-likeness (QED) is 0.504. The third-order valence-corrected chi connectivity index (χ3v) is 6.44. The Morgan fingerprint density at radius 3 is 2.32 bits per heavy atom. The lowest BCUT2D eigenvalue weighted by Gasteiger charge is -2.36. The maximum atomic E-state index is 12.7. The van der Waals surface area contributed by atoms with Gasteiger partial charge >= 0.3 is 6.09 Å². The lowest BCUT2D eigenvalue weighted by atomic mass is 10.1. The highest BCUT2D eigenvalue weighted by Crippen LogP contribution is 2.32. The molecule has 0 aromatic heterocycles. The normalized spacial score (nSPS) is 21.9. The van der Waals surface area contributed by atoms with Gasteiger partial charge < -0.3 is 14.7 Å². The van der Waals surface area contributed by atoms with Crippen LogP contribution in [0.1, 0.15) is 42.5 Å². The van der Waals surface area contributed by atoms with Gasteiger partial charge in [-0.05, 0) is 56.4 Å². The molecule has 2 saturated heterocycles. The first kappa shape index (κ1) is 21.6. The Hall–Kier alpha value is -2.61. The van der Waals surface area contributed by atoms with Gasteiger partial charge in [-0.25, -0.2) is 4.79 Å². The van der Waals surface area contributed by atoms with E-state index in [1.165, 1.54) is 4.90 Å². The molecule has 3 fully saturated rings. The van der Waals surface area contributed by atoms with Crippen molar-refractivity contribution in [3.63, 3.8) is 0 Å². The van der Waals surface area contributed by atoms with E-state index in [2.05, 4.69) is 4.90 Å². The van der Waals surface area contributed by atoms with Gasteiger partial charge in [0.05, 0.1) is 6.61 Å². The highest BCUT2D eigenvalue weighted by atomic mass is 16.5. The number of ether oxygens (including phenoxy) is 1. The summed E-state index contributed by atoms with van der Waals surface area (Å²) in [7, 11) is 0. The fourth-order valence-corrected chi connectivity index (χ4v) is 4.43. The average molecular weight is 430 g/mol. The summed E-state index contributed by atoms with van der Waals surface area (Å²) < 4.78 is 5.81. The van der Waals surface area contributed by atoms with Crippen molar-refractivity contribution in [1.29, 1.82) is 0 Å². The van der Waals surface area contributed by atoms with Gasteiger partial charge in [0.2, 0.25) is 5.91 Å². The zero-order chi connectivity index (χ0) is 21.8. The van der Waals surface area contributed by atoms with E-state index in [1.807, 2.05) is 29.2 Å². The number of carbonyl (C=O) groups is 3. The van der Waals surface area contributed by atoms with Crippen LogP contribution in [0.5, 0.6) is 5.75 Å². The second kappa shape index (κ2) is 9.68. The molecule has 2 heterocycles. The predicted octanol–water partition coefficient (Wildman–Crippen LogP) is 2.33. The molecule has 0 bridgehead atoms. The Morgan fingerprint density at radius 2 is 1.68 bits per heavy atom. The van der Waals surface area contributed by atoms with Gasteiger partial charge in [-0.1, -0.05) is 0 Å². The number of hydrogen-bond acceptors (Lipinski definition) is 5. The van der Waals surface area contributed by atoms with Crippen molar-refractivity contribution < 1.29 is 24.2 Å². The Labute approximate surface area is 182 Å². The SMILES string of the molecule is O=C(c1ccc(OCCCN2CCN(C(=O)[C@@H]3CCCN3C(=O)O)CC2)cc1)C1CC1. The highest BCUT2D eigenvalue weighted by Gasteiger charge is 2.37. The number of carboxylic acid groups (broad SMARTS) is 1. The summed E-state index contributed by atoms with van der Waals surface area (Å²) in [5.41, 5.74) is 0.770. The number of rotatable bonds is 8. The molecule has 1 aromatic carbocycles. The molecule has 0 spiro atoms. The number of carbonyl (C=O) groups excluding carboxylic acids is 2. The fourth-order valence-electron chi connectivity index (χ4n) is 4.43. The van der Waals surface area contributed by atoms with E-state index in [0.717, 1.165) is 56.6 Å². The van der Waals surface area contributed by atoms with Gasteiger partial charge in [0.25, 0.3) is 0 Å². The Morgan fingerprint density at radius 1 is 0.968 bits per heavy atom. The van der Waals surface area contributed by atoms with Crippen molar-refractivity contribution in [1.82, 2.24) is 14.7 Å². The number of ketones is 1. The lowest BCUT2D eigenvalue weighted by Crippen LogP contribution is -2.54. The van der Waals surface area contributed by atoms with Gasteiger partial charge in [0.1, 0.15) is 11.8 Å². The maximum Gasteiger partial charge on any atom is 0.407 e. The van der Waals surface area contributed by atoms with E-state index in [4.69, 9.17) is 4.74 Å². The van der Waals surface area contributed by atoms with Crippen molar-refractivity contribution in [2.75, 3.05) is 45.9 Å². The van der Waals surface area contributed by atoms with Crippen molar-refractivity contribution in [2.24, 2.45) is 5.92 Å². The zero-order valence-corrected chi connectivity index (χ0v) is 17.9. The molecule has 1 atom stereocenters. The second-order valence-corrected chi connectivity index (χ2v) is 8.67. The van der Waals surface area contributed by atoms with E-state index in [-0.39, 0.29) is 17.6 Å². The Kier molecular flexibility index (Phi) is 6.75. The van der Waals surface area contributed by atoms with Crippen LogP contribution in [-0.4, -0.2) is 89.5 Å². The van der Waals surface area contributed by atoms with Crippen LogP contribution in [0.3, 0.4) is 0 Å². The van der Waals surface area contributed by atoms with Crippen LogP contribution in [0.2, 0.25) is 0 Å². The molecule has 8 nitrogen and oxygen atoms in total. The molecule has 1 saturated carbocycles. The van der Waals surface area contributed by atoms with Crippen molar-refractivity contribution in [3.05, 3.63) is 29.8 Å². The van der Waals surface area contributed by atoms with Crippen LogP contribution >= 0.6 is 0 Å². The summed E-state index contributed by atoms with van der Waals surface area (Å²) in [6, 6.07) is 6.92. The zero-order valence-electron chi connectivity index (χ0n) is 17.9. The van der Waals surface area contributed by atoms with Crippen molar-refractivity contribution >= 4 is 17.8 Å². The number of likely N-dealkylation sites (tertiary alicyclic amines) is 1. The molecule has 2 amide bonds. The van der Waals surface area contributed by atoms with Gasteiger partial charge in [-0.2, -0.15) is 0 Å². The third kappa shape index (κ3) is 5.36. The molecule has 2 aliphatic heterocycles. The molecule has 8 heteroatoms. The molecule has 0 radical (unpaired) electrons. The first-order chi connectivity index (χ1) is 15.0. The molecule has 0 unspecified atom stereocenters. The monoisotopic (exact) mass is 429 g/mol. The van der Waals surface area contributed by atoms with Crippen LogP contribution in [-0.2, 0) is 4.79 Å². The molecule has 3 aliphatic rings. The minimum Gasteiger partial charge on any atom is -0.494 e. The number of nitrogens with zero attached hydrogens (tertiary/aromatic N) is 3. The summed E-state index contributed by atoms with van der Waals surface area (Å²) in [5, 5.41) is 9.26. The fraction of sp³-hybridized carbons (Fsp3) is 0.609. The number of Topliss-reactive ketones (excluding diaryl/α,β-unsaturated/α-hetero) is 1. The Balaban J connectivity index is 1.13. The number of amides is 2. The lowest BCUT2D eigenvalue weighted by molar-refractivity contribution is -0.137. The van der Waals surface area contributed by atoms with Gasteiger partial charge in [-0.15, -0.1) is 0 Å². The first-order valence-corrected chi connectivity index (χ1v) is 11.3. The van der Waals surface area contributed by atoms with Crippen molar-refractivity contribution in [2.45, 2.75) is 38.1 Å². The first-order valence-electron chi connectivity index (χ1n) is 11.3. The largest absolute Gasteiger partial charge is 0.494 e. The van der Waals surface area contributed by atoms with Gasteiger partial charge in [-0.3, -0.25) is 19.4 Å². The topological polar surface area (TPSA) is 90.4 Å². The molecule has 31 heavy (non-hydrogen) atoms. The van der Waals surface area contributed by atoms with E-state index in [0.29, 0.717) is 32.7 Å². The maximum absolute atomic E-state index is 12.7. The summed E-state index contributed by atoms with van der Waals surface area (Å²) in [5.74, 6) is 1.21. The summed E-state index contributed by atoms with van der Waals surface area (Å²) in [6.07, 6.45) is 3.28. The van der Waals surface area contributed by atoms with Crippen LogP contribution in [0, 0.1) is 5.92 Å². The average Bonchev–Trinajstić information content (AvgIpc) is 3.52. The molecule has 1 N–H and O–H groups in total. The molecular formula is C23H31N3O5. The smallest absolute Gasteiger partial charge is 0.407 e. The summed E-state index contributed by atoms with van der Waals surface area (Å²) >= 11 is 0. The summed E-state index contributed by atoms with van der Waals surface area (Å²) in [4.78, 5) is 41.4. The van der Waals surface area contributed by atoms with Crippen LogP contribution < -0.4 is 4.74 Å². The number of piperazine rings is 1. The van der Waals surface area contributed by atoms with Gasteiger partial charge in [0.15, 0.2) is 5.78 Å². The van der Waals surface area contributed by atoms with Crippen LogP contribution in [0.15, 0.2) is 24.3 Å². The van der Waals surface area contributed by atoms with Crippen molar-refractivity contribution in [3.8, 4) is 5.75 Å². The predicted molar refractivity (Wildman–Crippen MR) is 114 cm³/mol. The Bertz CT molecular complexity index is 800. The van der Waals surface area contributed by atoms with Gasteiger partial charge in [0, 0.05) is 50.7 Å². The molecule has 4 rings (SSSR count). The van der Waals surface area contributed by atoms with E-state index >= 15 is 0 Å². The number of hydrogen-bond donors (Lipinski definition) is 1. The minimum atomic E-state index is -1.00.